The SMILES string of the molecule is O=C(c1ccc(Oc2ncccc2C2CC=CO2)cc1)c1nc2ccccc2[nH]1. The third-order valence-corrected chi connectivity index (χ3v) is 4.77. The normalized spacial score (nSPS) is 15.4. The Morgan fingerprint density at radius 1 is 1.07 bits per heavy atom. The molecule has 5 rings (SSSR count). The Kier molecular flexibility index (Phi) is 4.29. The van der Waals surface area contributed by atoms with Crippen molar-refractivity contribution in [3.05, 3.63) is 96.1 Å². The molecule has 29 heavy (non-hydrogen) atoms. The predicted octanol–water partition coefficient (Wildman–Crippen LogP) is 4.96. The number of rotatable bonds is 5. The van der Waals surface area contributed by atoms with Crippen LogP contribution in [0.25, 0.3) is 11.0 Å². The second-order valence-electron chi connectivity index (χ2n) is 6.69. The number of benzene rings is 2. The van der Waals surface area contributed by atoms with Gasteiger partial charge >= 0.3 is 0 Å². The summed E-state index contributed by atoms with van der Waals surface area (Å²) in [5.74, 6) is 1.24. The number of imidazole rings is 1. The maximum absolute atomic E-state index is 12.7. The molecule has 0 fully saturated rings. The van der Waals surface area contributed by atoms with Gasteiger partial charge in [0, 0.05) is 18.2 Å². The fraction of sp³-hybridized carbons (Fsp3) is 0.0870. The number of nitrogens with one attached hydrogen (secondary N) is 1. The van der Waals surface area contributed by atoms with Gasteiger partial charge < -0.3 is 14.5 Å². The molecule has 0 saturated heterocycles. The van der Waals surface area contributed by atoms with Crippen LogP contribution in [-0.4, -0.2) is 20.7 Å². The minimum atomic E-state index is -0.170. The Morgan fingerprint density at radius 3 is 2.72 bits per heavy atom. The lowest BCUT2D eigenvalue weighted by Crippen LogP contribution is -2.04. The largest absolute Gasteiger partial charge is 0.493 e. The van der Waals surface area contributed by atoms with Crippen LogP contribution < -0.4 is 4.74 Å². The molecule has 0 aliphatic carbocycles. The molecule has 0 bridgehead atoms. The van der Waals surface area contributed by atoms with Crippen molar-refractivity contribution in [2.45, 2.75) is 12.5 Å². The van der Waals surface area contributed by atoms with E-state index in [1.165, 1.54) is 0 Å². The van der Waals surface area contributed by atoms with Crippen LogP contribution in [0.4, 0.5) is 0 Å². The summed E-state index contributed by atoms with van der Waals surface area (Å²) in [5.41, 5.74) is 3.02. The van der Waals surface area contributed by atoms with Crippen LogP contribution in [0.15, 0.2) is 79.2 Å². The summed E-state index contributed by atoms with van der Waals surface area (Å²) >= 11 is 0. The van der Waals surface area contributed by atoms with E-state index in [0.29, 0.717) is 23.0 Å². The topological polar surface area (TPSA) is 77.1 Å². The minimum absolute atomic E-state index is 0.0902. The van der Waals surface area contributed by atoms with Crippen LogP contribution in [0.2, 0.25) is 0 Å². The Hall–Kier alpha value is -3.93. The predicted molar refractivity (Wildman–Crippen MR) is 108 cm³/mol. The van der Waals surface area contributed by atoms with Gasteiger partial charge in [-0.3, -0.25) is 4.79 Å². The van der Waals surface area contributed by atoms with Crippen LogP contribution in [0, 0.1) is 0 Å². The Labute approximate surface area is 166 Å². The van der Waals surface area contributed by atoms with E-state index in [0.717, 1.165) is 23.0 Å². The molecular weight excluding hydrogens is 366 g/mol. The lowest BCUT2D eigenvalue weighted by atomic mass is 10.1. The summed E-state index contributed by atoms with van der Waals surface area (Å²) in [6, 6.07) is 18.3. The van der Waals surface area contributed by atoms with E-state index >= 15 is 0 Å². The minimum Gasteiger partial charge on any atom is -0.493 e. The molecule has 0 amide bonds. The van der Waals surface area contributed by atoms with Crippen molar-refractivity contribution in [2.24, 2.45) is 0 Å². The third-order valence-electron chi connectivity index (χ3n) is 4.77. The van der Waals surface area contributed by atoms with Gasteiger partial charge in [-0.25, -0.2) is 9.97 Å². The number of fused-ring (bicyclic) bond motifs is 1. The van der Waals surface area contributed by atoms with E-state index < -0.39 is 0 Å². The zero-order valence-electron chi connectivity index (χ0n) is 15.4. The number of nitrogens with zero attached hydrogens (tertiary/aromatic N) is 2. The molecule has 142 valence electrons. The lowest BCUT2D eigenvalue weighted by molar-refractivity contribution is 0.103. The number of ketones is 1. The standard InChI is InChI=1S/C23H17N3O3/c27-21(22-25-18-6-1-2-7-19(18)26-22)15-9-11-16(12-10-15)29-23-17(5-3-13-24-23)20-8-4-14-28-20/h1-7,9-14,20H,8H2,(H,25,26). The number of hydrogen-bond acceptors (Lipinski definition) is 5. The first-order valence-electron chi connectivity index (χ1n) is 9.31. The molecule has 4 aromatic rings. The van der Waals surface area contributed by atoms with Gasteiger partial charge in [0.15, 0.2) is 5.82 Å². The Bertz CT molecular complexity index is 1170. The van der Waals surface area contributed by atoms with E-state index in [1.54, 1.807) is 36.7 Å². The van der Waals surface area contributed by atoms with E-state index in [9.17, 15) is 4.79 Å². The lowest BCUT2D eigenvalue weighted by Gasteiger charge is -2.14. The van der Waals surface area contributed by atoms with E-state index in [1.807, 2.05) is 42.5 Å². The monoisotopic (exact) mass is 383 g/mol. The molecule has 1 aliphatic heterocycles. The number of carbonyl (C=O) groups is 1. The highest BCUT2D eigenvalue weighted by Gasteiger charge is 2.20. The number of hydrogen-bond donors (Lipinski definition) is 1. The van der Waals surface area contributed by atoms with Crippen molar-refractivity contribution in [3.8, 4) is 11.6 Å². The van der Waals surface area contributed by atoms with Crippen LogP contribution in [0.3, 0.4) is 0 Å². The number of carbonyl (C=O) groups excluding carboxylic acids is 1. The van der Waals surface area contributed by atoms with Gasteiger partial charge in [0.05, 0.1) is 22.9 Å². The molecule has 1 atom stereocenters. The van der Waals surface area contributed by atoms with E-state index in [4.69, 9.17) is 9.47 Å². The first-order valence-corrected chi connectivity index (χ1v) is 9.31. The highest BCUT2D eigenvalue weighted by atomic mass is 16.5. The average Bonchev–Trinajstić information content (AvgIpc) is 3.44. The first-order chi connectivity index (χ1) is 14.3. The molecule has 0 radical (unpaired) electrons. The van der Waals surface area contributed by atoms with Gasteiger partial charge in [-0.05, 0) is 54.6 Å². The maximum atomic E-state index is 12.7. The van der Waals surface area contributed by atoms with Gasteiger partial charge in [0.25, 0.3) is 0 Å². The van der Waals surface area contributed by atoms with Gasteiger partial charge in [0.2, 0.25) is 11.7 Å². The average molecular weight is 383 g/mol. The quantitative estimate of drug-likeness (QED) is 0.493. The van der Waals surface area contributed by atoms with Crippen LogP contribution in [-0.2, 0) is 4.74 Å². The Balaban J connectivity index is 1.36. The zero-order chi connectivity index (χ0) is 19.6. The van der Waals surface area contributed by atoms with Crippen molar-refractivity contribution in [1.82, 2.24) is 15.0 Å². The highest BCUT2D eigenvalue weighted by Crippen LogP contribution is 2.34. The maximum Gasteiger partial charge on any atom is 0.228 e. The second-order valence-corrected chi connectivity index (χ2v) is 6.69. The fourth-order valence-corrected chi connectivity index (χ4v) is 3.30. The first kappa shape index (κ1) is 17.2. The number of pyridine rings is 1. The molecule has 0 spiro atoms. The number of para-hydroxylation sites is 2. The van der Waals surface area contributed by atoms with Crippen LogP contribution in [0.5, 0.6) is 11.6 Å². The second kappa shape index (κ2) is 7.24. The van der Waals surface area contributed by atoms with Crippen molar-refractivity contribution < 1.29 is 14.3 Å². The highest BCUT2D eigenvalue weighted by molar-refractivity contribution is 6.08. The number of aromatic amines is 1. The van der Waals surface area contributed by atoms with Crippen molar-refractivity contribution >= 4 is 16.8 Å². The summed E-state index contributed by atoms with van der Waals surface area (Å²) in [6.07, 6.45) is 6.04. The molecule has 6 heteroatoms. The van der Waals surface area contributed by atoms with Gasteiger partial charge in [-0.15, -0.1) is 0 Å². The molecule has 3 heterocycles. The molecule has 0 saturated carbocycles. The fourth-order valence-electron chi connectivity index (χ4n) is 3.30. The van der Waals surface area contributed by atoms with E-state index in [2.05, 4.69) is 15.0 Å². The summed E-state index contributed by atoms with van der Waals surface area (Å²) < 4.78 is 11.5. The van der Waals surface area contributed by atoms with Gasteiger partial charge in [0.1, 0.15) is 11.9 Å². The molecular formula is C23H17N3O3. The van der Waals surface area contributed by atoms with Gasteiger partial charge in [-0.2, -0.15) is 0 Å². The van der Waals surface area contributed by atoms with Gasteiger partial charge in [-0.1, -0.05) is 12.1 Å². The summed E-state index contributed by atoms with van der Waals surface area (Å²) in [7, 11) is 0. The van der Waals surface area contributed by atoms with Crippen molar-refractivity contribution in [2.75, 3.05) is 0 Å². The van der Waals surface area contributed by atoms with Crippen LogP contribution >= 0.6 is 0 Å². The molecule has 1 aliphatic rings. The number of aromatic nitrogens is 3. The number of H-pyrrole nitrogens is 1. The van der Waals surface area contributed by atoms with Crippen molar-refractivity contribution in [3.63, 3.8) is 0 Å². The molecule has 1 unspecified atom stereocenters. The molecule has 2 aromatic heterocycles. The zero-order valence-corrected chi connectivity index (χ0v) is 15.4. The van der Waals surface area contributed by atoms with Crippen molar-refractivity contribution in [1.29, 1.82) is 0 Å². The molecule has 1 N–H and O–H groups in total. The Morgan fingerprint density at radius 2 is 1.93 bits per heavy atom. The van der Waals surface area contributed by atoms with E-state index in [-0.39, 0.29) is 11.9 Å². The molecule has 6 nitrogen and oxygen atoms in total. The smallest absolute Gasteiger partial charge is 0.228 e. The summed E-state index contributed by atoms with van der Waals surface area (Å²) in [6.45, 7) is 0. The molecule has 2 aromatic carbocycles. The summed E-state index contributed by atoms with van der Waals surface area (Å²) in [5, 5.41) is 0. The summed E-state index contributed by atoms with van der Waals surface area (Å²) in [4.78, 5) is 24.5. The van der Waals surface area contributed by atoms with Crippen LogP contribution in [0.1, 0.15) is 34.3 Å². The third kappa shape index (κ3) is 3.36. The number of ether oxygens (including phenoxy) is 2.